The Hall–Kier alpha value is -3.06. The summed E-state index contributed by atoms with van der Waals surface area (Å²) in [6, 6.07) is 24.6. The molecule has 118 valence electrons. The molecule has 0 saturated heterocycles. The number of aryl methyl sites for hydroxylation is 1. The number of H-pyrrole nitrogens is 1. The zero-order valence-electron chi connectivity index (χ0n) is 14.1. The van der Waals surface area contributed by atoms with Gasteiger partial charge in [-0.25, -0.2) is 0 Å². The smallest absolute Gasteiger partial charge is 0.0471 e. The van der Waals surface area contributed by atoms with E-state index in [1.807, 2.05) is 0 Å². The molecule has 1 aliphatic carbocycles. The highest BCUT2D eigenvalue weighted by molar-refractivity contribution is 6.29. The average Bonchev–Trinajstić information content (AvgIpc) is 2.99. The van der Waals surface area contributed by atoms with E-state index in [-0.39, 0.29) is 0 Å². The highest BCUT2D eigenvalue weighted by atomic mass is 14.7. The molecular weight excluding hydrogens is 302 g/mol. The normalized spacial score (nSPS) is 12.4. The Bertz CT molecular complexity index is 1320. The molecule has 0 fully saturated rings. The van der Waals surface area contributed by atoms with Gasteiger partial charge in [-0.2, -0.15) is 0 Å². The maximum atomic E-state index is 3.64. The zero-order chi connectivity index (χ0) is 16.5. The van der Waals surface area contributed by atoms with Crippen molar-refractivity contribution < 1.29 is 0 Å². The molecule has 0 saturated carbocycles. The molecule has 1 heteroatoms. The number of nitrogens with one attached hydrogen (secondary N) is 1. The summed E-state index contributed by atoms with van der Waals surface area (Å²) >= 11 is 0. The predicted octanol–water partition coefficient (Wildman–Crippen LogP) is 6.68. The summed E-state index contributed by atoms with van der Waals surface area (Å²) < 4.78 is 0. The second kappa shape index (κ2) is 4.52. The van der Waals surface area contributed by atoms with Crippen molar-refractivity contribution in [3.63, 3.8) is 0 Å². The number of aromatic amines is 1. The Balaban J connectivity index is 2.05. The van der Waals surface area contributed by atoms with Crippen molar-refractivity contribution in [3.05, 3.63) is 72.3 Å². The van der Waals surface area contributed by atoms with Gasteiger partial charge in [0, 0.05) is 21.8 Å². The quantitative estimate of drug-likeness (QED) is 0.348. The van der Waals surface area contributed by atoms with Crippen molar-refractivity contribution in [1.82, 2.24) is 4.98 Å². The van der Waals surface area contributed by atoms with Gasteiger partial charge in [0.15, 0.2) is 0 Å². The molecule has 1 N–H and O–H groups in total. The van der Waals surface area contributed by atoms with Gasteiger partial charge >= 0.3 is 0 Å². The Labute approximate surface area is 145 Å². The summed E-state index contributed by atoms with van der Waals surface area (Å²) in [4.78, 5) is 3.64. The van der Waals surface area contributed by atoms with Crippen LogP contribution in [0.4, 0.5) is 0 Å². The van der Waals surface area contributed by atoms with E-state index < -0.39 is 0 Å². The minimum Gasteiger partial charge on any atom is -0.354 e. The molecule has 6 rings (SSSR count). The van der Waals surface area contributed by atoms with Gasteiger partial charge in [0.25, 0.3) is 0 Å². The fraction of sp³-hybridized carbons (Fsp3) is 0.0833. The fourth-order valence-electron chi connectivity index (χ4n) is 4.66. The summed E-state index contributed by atoms with van der Waals surface area (Å²) in [5.74, 6) is 0. The molecule has 0 amide bonds. The first-order valence-corrected chi connectivity index (χ1v) is 8.95. The Morgan fingerprint density at radius 2 is 1.40 bits per heavy atom. The molecule has 5 aromatic rings. The van der Waals surface area contributed by atoms with E-state index in [4.69, 9.17) is 0 Å². The second-order valence-corrected chi connectivity index (χ2v) is 6.94. The third-order valence-corrected chi connectivity index (χ3v) is 5.72. The summed E-state index contributed by atoms with van der Waals surface area (Å²) in [6.07, 6.45) is 1.04. The number of benzene rings is 4. The van der Waals surface area contributed by atoms with Gasteiger partial charge in [-0.05, 0) is 57.1 Å². The van der Waals surface area contributed by atoms with Crippen molar-refractivity contribution in [2.45, 2.75) is 13.3 Å². The van der Waals surface area contributed by atoms with Crippen LogP contribution in [0.3, 0.4) is 0 Å². The molecule has 0 radical (unpaired) electrons. The van der Waals surface area contributed by atoms with Gasteiger partial charge in [-0.15, -0.1) is 0 Å². The molecule has 4 aromatic carbocycles. The molecular formula is C24H17N. The van der Waals surface area contributed by atoms with Crippen LogP contribution in [0, 0.1) is 0 Å². The van der Waals surface area contributed by atoms with Crippen LogP contribution in [0.5, 0.6) is 0 Å². The van der Waals surface area contributed by atoms with E-state index in [0.29, 0.717) is 0 Å². The third kappa shape index (κ3) is 1.54. The molecule has 0 unspecified atom stereocenters. The van der Waals surface area contributed by atoms with Crippen LogP contribution in [0.2, 0.25) is 0 Å². The van der Waals surface area contributed by atoms with Gasteiger partial charge in [0.05, 0.1) is 0 Å². The molecule has 1 nitrogen and oxygen atoms in total. The lowest BCUT2D eigenvalue weighted by Crippen LogP contribution is -1.91. The zero-order valence-corrected chi connectivity index (χ0v) is 14.1. The molecule has 0 aliphatic heterocycles. The van der Waals surface area contributed by atoms with Gasteiger partial charge in [-0.3, -0.25) is 0 Å². The van der Waals surface area contributed by atoms with Crippen molar-refractivity contribution in [3.8, 4) is 22.3 Å². The Morgan fingerprint density at radius 3 is 2.28 bits per heavy atom. The number of hydrogen-bond donors (Lipinski definition) is 1. The summed E-state index contributed by atoms with van der Waals surface area (Å²) in [7, 11) is 0. The third-order valence-electron chi connectivity index (χ3n) is 5.72. The van der Waals surface area contributed by atoms with Gasteiger partial charge in [-0.1, -0.05) is 61.5 Å². The molecule has 25 heavy (non-hydrogen) atoms. The molecule has 0 spiro atoms. The van der Waals surface area contributed by atoms with Crippen molar-refractivity contribution >= 4 is 32.6 Å². The number of rotatable bonds is 1. The molecule has 1 aromatic heterocycles. The minimum absolute atomic E-state index is 1.04. The average molecular weight is 319 g/mol. The summed E-state index contributed by atoms with van der Waals surface area (Å²) in [5, 5.41) is 5.47. The van der Waals surface area contributed by atoms with E-state index in [2.05, 4.69) is 78.6 Å². The Kier molecular flexibility index (Phi) is 2.39. The standard InChI is InChI=1S/C24H17N/c1-2-14-10-11-15-12-13-20-24-22(15)21(14)17-7-4-3-6-16(17)18-8-5-9-19(25-20)23(18)24/h3-13,25H,2H2,1H3. The number of hydrogen-bond acceptors (Lipinski definition) is 0. The lowest BCUT2D eigenvalue weighted by Gasteiger charge is -2.15. The van der Waals surface area contributed by atoms with Crippen LogP contribution < -0.4 is 0 Å². The number of aromatic nitrogens is 1. The molecule has 0 atom stereocenters. The van der Waals surface area contributed by atoms with E-state index >= 15 is 0 Å². The van der Waals surface area contributed by atoms with E-state index in [1.165, 1.54) is 60.4 Å². The van der Waals surface area contributed by atoms with Crippen LogP contribution >= 0.6 is 0 Å². The van der Waals surface area contributed by atoms with Gasteiger partial charge in [0.2, 0.25) is 0 Å². The largest absolute Gasteiger partial charge is 0.354 e. The maximum Gasteiger partial charge on any atom is 0.0471 e. The highest BCUT2D eigenvalue weighted by Gasteiger charge is 2.23. The monoisotopic (exact) mass is 319 g/mol. The first kappa shape index (κ1) is 13.3. The van der Waals surface area contributed by atoms with E-state index in [9.17, 15) is 0 Å². The highest BCUT2D eigenvalue weighted by Crippen LogP contribution is 2.48. The summed E-state index contributed by atoms with van der Waals surface area (Å²) in [5.41, 5.74) is 9.34. The van der Waals surface area contributed by atoms with Crippen LogP contribution in [0.25, 0.3) is 54.8 Å². The van der Waals surface area contributed by atoms with Crippen LogP contribution in [-0.2, 0) is 6.42 Å². The molecule has 0 bridgehead atoms. The fourth-order valence-corrected chi connectivity index (χ4v) is 4.66. The van der Waals surface area contributed by atoms with Crippen molar-refractivity contribution in [2.75, 3.05) is 0 Å². The van der Waals surface area contributed by atoms with Crippen LogP contribution in [0.1, 0.15) is 12.5 Å². The topological polar surface area (TPSA) is 15.8 Å². The lowest BCUT2D eigenvalue weighted by molar-refractivity contribution is 1.15. The second-order valence-electron chi connectivity index (χ2n) is 6.94. The SMILES string of the molecule is CCc1ccc2ccc3[nH]c4cccc5c4c3c2c1-c1ccccc1-5. The molecule has 1 heterocycles. The Morgan fingerprint density at radius 1 is 0.640 bits per heavy atom. The van der Waals surface area contributed by atoms with Gasteiger partial charge < -0.3 is 4.98 Å². The van der Waals surface area contributed by atoms with E-state index in [0.717, 1.165) is 6.42 Å². The van der Waals surface area contributed by atoms with E-state index in [1.54, 1.807) is 0 Å². The van der Waals surface area contributed by atoms with Crippen LogP contribution in [-0.4, -0.2) is 4.98 Å². The number of fused-ring (bicyclic) bond motifs is 3. The minimum atomic E-state index is 1.04. The van der Waals surface area contributed by atoms with Crippen molar-refractivity contribution in [1.29, 1.82) is 0 Å². The predicted molar refractivity (Wildman–Crippen MR) is 107 cm³/mol. The lowest BCUT2D eigenvalue weighted by atomic mass is 9.89. The molecule has 1 aliphatic rings. The van der Waals surface area contributed by atoms with Crippen molar-refractivity contribution in [2.24, 2.45) is 0 Å². The maximum absolute atomic E-state index is 3.64. The first-order chi connectivity index (χ1) is 12.4. The summed E-state index contributed by atoms with van der Waals surface area (Å²) in [6.45, 7) is 2.26. The van der Waals surface area contributed by atoms with Gasteiger partial charge in [0.1, 0.15) is 0 Å². The first-order valence-electron chi connectivity index (χ1n) is 8.95. The van der Waals surface area contributed by atoms with Crippen LogP contribution in [0.15, 0.2) is 66.7 Å².